The summed E-state index contributed by atoms with van der Waals surface area (Å²) in [4.78, 5) is 25.5. The Hall–Kier alpha value is -3.97. The van der Waals surface area contributed by atoms with Crippen LogP contribution >= 0.6 is 0 Å². The Balaban J connectivity index is 2.02. The van der Waals surface area contributed by atoms with Crippen molar-refractivity contribution in [1.82, 2.24) is 9.55 Å². The number of benzene rings is 3. The van der Waals surface area contributed by atoms with Crippen molar-refractivity contribution in [3.05, 3.63) is 81.4 Å². The molecule has 0 amide bonds. The van der Waals surface area contributed by atoms with E-state index in [2.05, 4.69) is 4.72 Å². The number of ether oxygens (including phenoxy) is 1. The standard InChI is InChI=1S/C23H20FN3O7S2/c1-34-22-18(35(2,30)31)12-17(27-9-8-19(28)25-23(27)29)21(24)20(22)15-5-4-14-11-16(26-36(3,32)33)7-6-13(14)10-15/h4-12,26H,1-3H3,(H,25,28,29). The van der Waals surface area contributed by atoms with E-state index in [1.807, 2.05) is 4.98 Å². The fourth-order valence-electron chi connectivity index (χ4n) is 3.80. The SMILES string of the molecule is COc1c(S(C)(=O)=O)cc(-n2ccc(=O)[nH]c2=O)c(F)c1-c1ccc2cc(NS(C)(=O)=O)ccc2c1. The van der Waals surface area contributed by atoms with Crippen LogP contribution in [0.1, 0.15) is 0 Å². The molecule has 1 aromatic heterocycles. The molecule has 0 spiro atoms. The molecule has 36 heavy (non-hydrogen) atoms. The lowest BCUT2D eigenvalue weighted by molar-refractivity contribution is 0.401. The fourth-order valence-corrected chi connectivity index (χ4v) is 5.20. The van der Waals surface area contributed by atoms with Crippen LogP contribution < -0.4 is 20.7 Å². The average Bonchev–Trinajstić information content (AvgIpc) is 2.77. The molecule has 0 radical (unpaired) electrons. The summed E-state index contributed by atoms with van der Waals surface area (Å²) in [5, 5.41) is 1.23. The quantitative estimate of drug-likeness (QED) is 0.362. The van der Waals surface area contributed by atoms with Gasteiger partial charge in [0.05, 0.1) is 24.6 Å². The first kappa shape index (κ1) is 25.1. The van der Waals surface area contributed by atoms with Crippen molar-refractivity contribution in [2.24, 2.45) is 0 Å². The number of hydrogen-bond donors (Lipinski definition) is 2. The summed E-state index contributed by atoms with van der Waals surface area (Å²) in [5.41, 5.74) is -1.70. The number of methoxy groups -OCH3 is 1. The topological polar surface area (TPSA) is 144 Å². The maximum absolute atomic E-state index is 16.0. The van der Waals surface area contributed by atoms with Crippen molar-refractivity contribution in [3.63, 3.8) is 0 Å². The molecule has 4 rings (SSSR count). The molecule has 0 unspecified atom stereocenters. The van der Waals surface area contributed by atoms with E-state index in [1.165, 1.54) is 19.2 Å². The monoisotopic (exact) mass is 533 g/mol. The Kier molecular flexibility index (Phi) is 6.22. The second kappa shape index (κ2) is 8.91. The summed E-state index contributed by atoms with van der Waals surface area (Å²) in [7, 11) is -6.25. The lowest BCUT2D eigenvalue weighted by atomic mass is 9.99. The third-order valence-corrected chi connectivity index (χ3v) is 6.99. The number of nitrogens with one attached hydrogen (secondary N) is 2. The minimum absolute atomic E-state index is 0.214. The van der Waals surface area contributed by atoms with Crippen LogP contribution in [-0.2, 0) is 19.9 Å². The number of rotatable bonds is 6. The van der Waals surface area contributed by atoms with Crippen molar-refractivity contribution in [1.29, 1.82) is 0 Å². The highest BCUT2D eigenvalue weighted by atomic mass is 32.2. The van der Waals surface area contributed by atoms with Gasteiger partial charge in [-0.15, -0.1) is 0 Å². The molecule has 188 valence electrons. The van der Waals surface area contributed by atoms with Gasteiger partial charge >= 0.3 is 5.69 Å². The number of aromatic nitrogens is 2. The van der Waals surface area contributed by atoms with Crippen molar-refractivity contribution in [3.8, 4) is 22.6 Å². The van der Waals surface area contributed by atoms with Gasteiger partial charge < -0.3 is 4.74 Å². The minimum atomic E-state index is -3.95. The molecule has 0 bridgehead atoms. The van der Waals surface area contributed by atoms with Crippen LogP contribution in [0.25, 0.3) is 27.6 Å². The van der Waals surface area contributed by atoms with E-state index < -0.39 is 42.6 Å². The van der Waals surface area contributed by atoms with Crippen molar-refractivity contribution >= 4 is 36.3 Å². The van der Waals surface area contributed by atoms with E-state index in [0.717, 1.165) is 35.4 Å². The molecule has 3 aromatic carbocycles. The summed E-state index contributed by atoms with van der Waals surface area (Å²) in [5.74, 6) is -1.21. The lowest BCUT2D eigenvalue weighted by Gasteiger charge is -2.18. The van der Waals surface area contributed by atoms with Crippen LogP contribution in [0, 0.1) is 5.82 Å². The molecule has 0 saturated carbocycles. The van der Waals surface area contributed by atoms with Crippen LogP contribution in [0.3, 0.4) is 0 Å². The maximum Gasteiger partial charge on any atom is 0.333 e. The second-order valence-electron chi connectivity index (χ2n) is 8.02. The predicted octanol–water partition coefficient (Wildman–Crippen LogP) is 2.27. The maximum atomic E-state index is 16.0. The van der Waals surface area contributed by atoms with E-state index in [1.54, 1.807) is 24.3 Å². The molecule has 0 aliphatic heterocycles. The largest absolute Gasteiger partial charge is 0.495 e. The van der Waals surface area contributed by atoms with Crippen LogP contribution in [0.5, 0.6) is 5.75 Å². The lowest BCUT2D eigenvalue weighted by Crippen LogP contribution is -2.28. The van der Waals surface area contributed by atoms with Gasteiger partial charge in [0.25, 0.3) is 5.56 Å². The Morgan fingerprint density at radius 2 is 1.61 bits per heavy atom. The number of sulfone groups is 1. The number of sulfonamides is 1. The number of H-pyrrole nitrogens is 1. The Morgan fingerprint density at radius 1 is 0.944 bits per heavy atom. The molecule has 0 saturated heterocycles. The van der Waals surface area contributed by atoms with Crippen LogP contribution in [-0.4, -0.2) is 46.0 Å². The van der Waals surface area contributed by atoms with Crippen LogP contribution in [0.15, 0.2) is 69.2 Å². The van der Waals surface area contributed by atoms with Crippen LogP contribution in [0.2, 0.25) is 0 Å². The van der Waals surface area contributed by atoms with E-state index >= 15 is 4.39 Å². The number of aromatic amines is 1. The molecule has 0 atom stereocenters. The number of nitrogens with zero attached hydrogens (tertiary/aromatic N) is 1. The Bertz CT molecular complexity index is 1860. The van der Waals surface area contributed by atoms with Gasteiger partial charge in [-0.25, -0.2) is 26.0 Å². The van der Waals surface area contributed by atoms with Crippen molar-refractivity contribution < 1.29 is 26.0 Å². The van der Waals surface area contributed by atoms with Crippen molar-refractivity contribution in [2.45, 2.75) is 4.90 Å². The molecule has 10 nitrogen and oxygen atoms in total. The van der Waals surface area contributed by atoms with Gasteiger partial charge in [0.1, 0.15) is 10.6 Å². The third-order valence-electron chi connectivity index (χ3n) is 5.28. The summed E-state index contributed by atoms with van der Waals surface area (Å²) in [6.45, 7) is 0. The molecular formula is C23H20FN3O7S2. The normalized spacial score (nSPS) is 12.0. The number of anilines is 1. The number of hydrogen-bond acceptors (Lipinski definition) is 7. The highest BCUT2D eigenvalue weighted by molar-refractivity contribution is 7.92. The van der Waals surface area contributed by atoms with Gasteiger partial charge in [-0.1, -0.05) is 18.2 Å². The third kappa shape index (κ3) is 4.88. The molecule has 0 aliphatic carbocycles. The average molecular weight is 534 g/mol. The summed E-state index contributed by atoms with van der Waals surface area (Å²) in [6, 6.07) is 11.4. The van der Waals surface area contributed by atoms with Gasteiger partial charge in [0.2, 0.25) is 10.0 Å². The first-order valence-corrected chi connectivity index (χ1v) is 14.0. The van der Waals surface area contributed by atoms with Gasteiger partial charge in [0.15, 0.2) is 15.7 Å². The molecular weight excluding hydrogens is 513 g/mol. The van der Waals surface area contributed by atoms with Crippen LogP contribution in [0.4, 0.5) is 10.1 Å². The Labute approximate surface area is 205 Å². The zero-order valence-corrected chi connectivity index (χ0v) is 20.8. The predicted molar refractivity (Wildman–Crippen MR) is 134 cm³/mol. The highest BCUT2D eigenvalue weighted by Crippen LogP contribution is 2.41. The molecule has 2 N–H and O–H groups in total. The zero-order valence-electron chi connectivity index (χ0n) is 19.2. The molecule has 1 heterocycles. The fraction of sp³-hybridized carbons (Fsp3) is 0.130. The van der Waals surface area contributed by atoms with E-state index in [4.69, 9.17) is 4.74 Å². The molecule has 13 heteroatoms. The first-order chi connectivity index (χ1) is 16.8. The van der Waals surface area contributed by atoms with E-state index in [0.29, 0.717) is 16.5 Å². The van der Waals surface area contributed by atoms with Gasteiger partial charge in [0, 0.05) is 24.2 Å². The van der Waals surface area contributed by atoms with E-state index in [9.17, 15) is 26.4 Å². The number of halogens is 1. The molecule has 4 aromatic rings. The second-order valence-corrected chi connectivity index (χ2v) is 11.8. The number of fused-ring (bicyclic) bond motifs is 1. The summed E-state index contributed by atoms with van der Waals surface area (Å²) < 4.78 is 72.7. The van der Waals surface area contributed by atoms with E-state index in [-0.39, 0.29) is 21.8 Å². The first-order valence-electron chi connectivity index (χ1n) is 10.2. The van der Waals surface area contributed by atoms with Crippen molar-refractivity contribution in [2.75, 3.05) is 24.3 Å². The Morgan fingerprint density at radius 3 is 2.22 bits per heavy atom. The zero-order chi connectivity index (χ0) is 26.4. The summed E-state index contributed by atoms with van der Waals surface area (Å²) >= 11 is 0. The van der Waals surface area contributed by atoms with Gasteiger partial charge in [-0.05, 0) is 40.6 Å². The van der Waals surface area contributed by atoms with Gasteiger partial charge in [-0.2, -0.15) is 0 Å². The molecule has 0 fully saturated rings. The summed E-state index contributed by atoms with van der Waals surface area (Å²) in [6.07, 6.45) is 2.98. The highest BCUT2D eigenvalue weighted by Gasteiger charge is 2.27. The minimum Gasteiger partial charge on any atom is -0.495 e. The smallest absolute Gasteiger partial charge is 0.333 e. The van der Waals surface area contributed by atoms with Gasteiger partial charge in [-0.3, -0.25) is 19.1 Å². The molecule has 0 aliphatic rings.